The minimum absolute atomic E-state index is 0.00277. The molecule has 2 rings (SSSR count). The summed E-state index contributed by atoms with van der Waals surface area (Å²) >= 11 is 0. The third-order valence-electron chi connectivity index (χ3n) is 2.20. The molecule has 0 aliphatic rings. The van der Waals surface area contributed by atoms with Crippen molar-refractivity contribution in [2.24, 2.45) is 4.99 Å². The monoisotopic (exact) mass is 229 g/mol. The van der Waals surface area contributed by atoms with E-state index < -0.39 is 0 Å². The van der Waals surface area contributed by atoms with Crippen LogP contribution < -0.4 is 0 Å². The number of phenolic OH excluding ortho intramolecular Hbond substituents is 3. The van der Waals surface area contributed by atoms with Gasteiger partial charge in [-0.05, 0) is 24.3 Å². The Morgan fingerprint density at radius 2 is 1.65 bits per heavy atom. The van der Waals surface area contributed by atoms with Crippen LogP contribution in [0.3, 0.4) is 0 Å². The fourth-order valence-corrected chi connectivity index (χ4v) is 1.36. The summed E-state index contributed by atoms with van der Waals surface area (Å²) in [4.78, 5) is 4.10. The van der Waals surface area contributed by atoms with E-state index in [4.69, 9.17) is 5.11 Å². The maximum Gasteiger partial charge on any atom is 0.128 e. The van der Waals surface area contributed by atoms with Gasteiger partial charge in [0.2, 0.25) is 0 Å². The van der Waals surface area contributed by atoms with Gasteiger partial charge in [0.05, 0.1) is 5.69 Å². The molecule has 4 nitrogen and oxygen atoms in total. The van der Waals surface area contributed by atoms with Gasteiger partial charge < -0.3 is 15.3 Å². The molecule has 17 heavy (non-hydrogen) atoms. The first-order valence-electron chi connectivity index (χ1n) is 5.00. The summed E-state index contributed by atoms with van der Waals surface area (Å²) in [7, 11) is 0. The van der Waals surface area contributed by atoms with Crippen molar-refractivity contribution in [1.82, 2.24) is 0 Å². The van der Waals surface area contributed by atoms with Crippen molar-refractivity contribution in [1.29, 1.82) is 0 Å². The summed E-state index contributed by atoms with van der Waals surface area (Å²) in [6.45, 7) is 0. The third-order valence-corrected chi connectivity index (χ3v) is 2.20. The molecule has 0 aliphatic carbocycles. The molecule has 0 bridgehead atoms. The van der Waals surface area contributed by atoms with Crippen molar-refractivity contribution in [3.8, 4) is 17.2 Å². The Labute approximate surface area is 98.1 Å². The summed E-state index contributed by atoms with van der Waals surface area (Å²) in [5.74, 6) is 0.0838. The molecule has 0 aliphatic heterocycles. The lowest BCUT2D eigenvalue weighted by molar-refractivity contribution is 0.450. The van der Waals surface area contributed by atoms with Gasteiger partial charge in [0.15, 0.2) is 0 Å². The summed E-state index contributed by atoms with van der Waals surface area (Å²) in [5, 5.41) is 27.9. The molecule has 0 spiro atoms. The fourth-order valence-electron chi connectivity index (χ4n) is 1.36. The zero-order chi connectivity index (χ0) is 12.3. The standard InChI is InChI=1S/C13H11NO3/c15-11-3-1-2-10(6-11)14-8-9-4-5-12(16)7-13(9)17/h1-8,15-17H. The van der Waals surface area contributed by atoms with Gasteiger partial charge in [-0.1, -0.05) is 6.07 Å². The molecule has 0 radical (unpaired) electrons. The second-order valence-corrected chi connectivity index (χ2v) is 3.52. The van der Waals surface area contributed by atoms with E-state index >= 15 is 0 Å². The molecule has 4 heteroatoms. The van der Waals surface area contributed by atoms with E-state index in [0.29, 0.717) is 11.3 Å². The number of rotatable bonds is 2. The molecule has 0 amide bonds. The summed E-state index contributed by atoms with van der Waals surface area (Å²) in [5.41, 5.74) is 1.07. The van der Waals surface area contributed by atoms with Crippen LogP contribution in [0.4, 0.5) is 5.69 Å². The molecule has 0 unspecified atom stereocenters. The number of hydrogen-bond donors (Lipinski definition) is 3. The second kappa shape index (κ2) is 4.57. The zero-order valence-corrected chi connectivity index (χ0v) is 8.91. The Balaban J connectivity index is 2.26. The van der Waals surface area contributed by atoms with Crippen LogP contribution in [0.1, 0.15) is 5.56 Å². The van der Waals surface area contributed by atoms with Crippen molar-refractivity contribution in [3.63, 3.8) is 0 Å². The largest absolute Gasteiger partial charge is 0.508 e. The highest BCUT2D eigenvalue weighted by atomic mass is 16.3. The van der Waals surface area contributed by atoms with E-state index in [-0.39, 0.29) is 17.2 Å². The number of nitrogens with zero attached hydrogens (tertiary/aromatic N) is 1. The van der Waals surface area contributed by atoms with Gasteiger partial charge >= 0.3 is 0 Å². The molecule has 2 aromatic carbocycles. The molecule has 0 atom stereocenters. The molecular formula is C13H11NO3. The Morgan fingerprint density at radius 3 is 2.35 bits per heavy atom. The van der Waals surface area contributed by atoms with Crippen LogP contribution in [0.15, 0.2) is 47.5 Å². The first-order valence-corrected chi connectivity index (χ1v) is 5.00. The van der Waals surface area contributed by atoms with E-state index in [1.54, 1.807) is 24.3 Å². The van der Waals surface area contributed by atoms with E-state index in [1.165, 1.54) is 24.4 Å². The van der Waals surface area contributed by atoms with Gasteiger partial charge in [-0.2, -0.15) is 0 Å². The number of benzene rings is 2. The van der Waals surface area contributed by atoms with Crippen LogP contribution in [-0.2, 0) is 0 Å². The predicted molar refractivity (Wildman–Crippen MR) is 65.1 cm³/mol. The molecule has 0 aromatic heterocycles. The van der Waals surface area contributed by atoms with Gasteiger partial charge in [0.25, 0.3) is 0 Å². The van der Waals surface area contributed by atoms with Crippen molar-refractivity contribution in [2.45, 2.75) is 0 Å². The summed E-state index contributed by atoms with van der Waals surface area (Å²) < 4.78 is 0. The van der Waals surface area contributed by atoms with E-state index in [0.717, 1.165) is 0 Å². The molecule has 0 heterocycles. The first-order chi connectivity index (χ1) is 8.15. The number of aliphatic imine (C=N–C) groups is 1. The van der Waals surface area contributed by atoms with E-state index in [1.807, 2.05) is 0 Å². The Bertz CT molecular complexity index is 564. The SMILES string of the molecule is Oc1cccc(N=Cc2ccc(O)cc2O)c1. The quantitative estimate of drug-likeness (QED) is 0.693. The van der Waals surface area contributed by atoms with Crippen LogP contribution in [0, 0.1) is 0 Å². The minimum Gasteiger partial charge on any atom is -0.508 e. The molecule has 0 saturated carbocycles. The molecular weight excluding hydrogens is 218 g/mol. The predicted octanol–water partition coefficient (Wildman–Crippen LogP) is 2.55. The topological polar surface area (TPSA) is 73.1 Å². The van der Waals surface area contributed by atoms with Gasteiger partial charge in [0.1, 0.15) is 17.2 Å². The number of phenols is 3. The smallest absolute Gasteiger partial charge is 0.128 e. The van der Waals surface area contributed by atoms with Crippen molar-refractivity contribution < 1.29 is 15.3 Å². The minimum atomic E-state index is -0.0473. The molecule has 2 aromatic rings. The van der Waals surface area contributed by atoms with E-state index in [9.17, 15) is 10.2 Å². The van der Waals surface area contributed by atoms with Crippen LogP contribution in [0.5, 0.6) is 17.2 Å². The fraction of sp³-hybridized carbons (Fsp3) is 0. The number of hydrogen-bond acceptors (Lipinski definition) is 4. The molecule has 0 saturated heterocycles. The molecule has 3 N–H and O–H groups in total. The van der Waals surface area contributed by atoms with E-state index in [2.05, 4.69) is 4.99 Å². The second-order valence-electron chi connectivity index (χ2n) is 3.52. The average molecular weight is 229 g/mol. The van der Waals surface area contributed by atoms with Gasteiger partial charge in [0, 0.05) is 23.9 Å². The summed E-state index contributed by atoms with van der Waals surface area (Å²) in [6.07, 6.45) is 1.46. The Morgan fingerprint density at radius 1 is 0.882 bits per heavy atom. The lowest BCUT2D eigenvalue weighted by Crippen LogP contribution is -1.81. The number of aromatic hydroxyl groups is 3. The lowest BCUT2D eigenvalue weighted by atomic mass is 10.2. The maximum absolute atomic E-state index is 9.52. The Kier molecular flexibility index (Phi) is 2.96. The highest BCUT2D eigenvalue weighted by Gasteiger charge is 1.99. The van der Waals surface area contributed by atoms with Crippen LogP contribution in [-0.4, -0.2) is 21.5 Å². The zero-order valence-electron chi connectivity index (χ0n) is 8.91. The third kappa shape index (κ3) is 2.75. The van der Waals surface area contributed by atoms with Crippen molar-refractivity contribution in [2.75, 3.05) is 0 Å². The van der Waals surface area contributed by atoms with Gasteiger partial charge in [-0.15, -0.1) is 0 Å². The van der Waals surface area contributed by atoms with Crippen LogP contribution in [0.25, 0.3) is 0 Å². The molecule has 86 valence electrons. The van der Waals surface area contributed by atoms with Crippen LogP contribution in [0.2, 0.25) is 0 Å². The lowest BCUT2D eigenvalue weighted by Gasteiger charge is -1.99. The average Bonchev–Trinajstić information content (AvgIpc) is 2.28. The highest BCUT2D eigenvalue weighted by Crippen LogP contribution is 2.23. The van der Waals surface area contributed by atoms with Gasteiger partial charge in [-0.25, -0.2) is 0 Å². The van der Waals surface area contributed by atoms with Crippen LogP contribution >= 0.6 is 0 Å². The van der Waals surface area contributed by atoms with Crippen molar-refractivity contribution >= 4 is 11.9 Å². The Hall–Kier alpha value is -2.49. The van der Waals surface area contributed by atoms with Gasteiger partial charge in [-0.3, -0.25) is 4.99 Å². The first kappa shape index (κ1) is 11.0. The normalized spacial score (nSPS) is 10.8. The van der Waals surface area contributed by atoms with Crippen molar-refractivity contribution in [3.05, 3.63) is 48.0 Å². The molecule has 0 fully saturated rings. The highest BCUT2D eigenvalue weighted by molar-refractivity contribution is 5.85. The summed E-state index contributed by atoms with van der Waals surface area (Å²) in [6, 6.07) is 10.7. The maximum atomic E-state index is 9.52.